The van der Waals surface area contributed by atoms with Crippen LogP contribution >= 0.6 is 0 Å². The third kappa shape index (κ3) is 3.79. The lowest BCUT2D eigenvalue weighted by Crippen LogP contribution is -2.61. The first-order valence-electron chi connectivity index (χ1n) is 8.40. The summed E-state index contributed by atoms with van der Waals surface area (Å²) in [6.07, 6.45) is 5.99. The van der Waals surface area contributed by atoms with Crippen molar-refractivity contribution in [2.75, 3.05) is 11.0 Å². The van der Waals surface area contributed by atoms with Gasteiger partial charge in [-0.05, 0) is 63.1 Å². The fourth-order valence-corrected chi connectivity index (χ4v) is 4.43. The lowest BCUT2D eigenvalue weighted by molar-refractivity contribution is 0.0629. The summed E-state index contributed by atoms with van der Waals surface area (Å²) in [4.78, 5) is 12.8. The molecule has 0 aromatic heterocycles. The van der Waals surface area contributed by atoms with Crippen LogP contribution in [0.1, 0.15) is 54.4 Å². The number of nitrogens with one attached hydrogen (secondary N) is 2. The van der Waals surface area contributed by atoms with Crippen molar-refractivity contribution in [3.63, 3.8) is 0 Å². The van der Waals surface area contributed by atoms with Crippen LogP contribution in [0.2, 0.25) is 0 Å². The van der Waals surface area contributed by atoms with E-state index in [0.717, 1.165) is 50.8 Å². The number of amides is 1. The van der Waals surface area contributed by atoms with Gasteiger partial charge in [0.05, 0.1) is 17.5 Å². The molecule has 1 aromatic rings. The van der Waals surface area contributed by atoms with E-state index in [1.54, 1.807) is 6.92 Å². The monoisotopic (exact) mass is 369 g/mol. The lowest BCUT2D eigenvalue weighted by atomic mass is 9.62. The second kappa shape index (κ2) is 5.95. The molecule has 3 aliphatic carbocycles. The molecule has 138 valence electrons. The summed E-state index contributed by atoms with van der Waals surface area (Å²) in [5.74, 6) is -0.954. The van der Waals surface area contributed by atoms with Crippen molar-refractivity contribution in [2.45, 2.75) is 56.5 Å². The molecule has 0 saturated heterocycles. The second-order valence-electron chi connectivity index (χ2n) is 7.62. The van der Waals surface area contributed by atoms with Crippen LogP contribution in [-0.2, 0) is 10.0 Å². The van der Waals surface area contributed by atoms with Crippen molar-refractivity contribution in [3.8, 4) is 0 Å². The van der Waals surface area contributed by atoms with Gasteiger partial charge < -0.3 is 11.1 Å². The molecule has 25 heavy (non-hydrogen) atoms. The highest BCUT2D eigenvalue weighted by atomic mass is 32.2. The summed E-state index contributed by atoms with van der Waals surface area (Å²) in [5.41, 5.74) is 6.26. The highest BCUT2D eigenvalue weighted by Crippen LogP contribution is 2.45. The first-order chi connectivity index (χ1) is 11.5. The molecule has 4 N–H and O–H groups in total. The van der Waals surface area contributed by atoms with Crippen molar-refractivity contribution >= 4 is 21.6 Å². The van der Waals surface area contributed by atoms with E-state index in [0.29, 0.717) is 0 Å². The minimum atomic E-state index is -3.63. The van der Waals surface area contributed by atoms with Crippen LogP contribution in [0.25, 0.3) is 0 Å². The van der Waals surface area contributed by atoms with E-state index in [1.165, 1.54) is 6.07 Å². The fraction of sp³-hybridized carbons (Fsp3) is 0.588. The Balaban J connectivity index is 1.88. The fourth-order valence-electron chi connectivity index (χ4n) is 3.86. The van der Waals surface area contributed by atoms with Crippen LogP contribution in [0, 0.1) is 12.7 Å². The number of hydrogen-bond acceptors (Lipinski definition) is 4. The third-order valence-corrected chi connectivity index (χ3v) is 6.11. The number of carbonyl (C=O) groups is 1. The number of rotatable bonds is 4. The van der Waals surface area contributed by atoms with E-state index in [-0.39, 0.29) is 33.8 Å². The minimum Gasteiger partial charge on any atom is -0.347 e. The van der Waals surface area contributed by atoms with Gasteiger partial charge in [0.1, 0.15) is 5.82 Å². The van der Waals surface area contributed by atoms with Crippen molar-refractivity contribution in [3.05, 3.63) is 29.1 Å². The van der Waals surface area contributed by atoms with Crippen LogP contribution in [0.5, 0.6) is 0 Å². The average Bonchev–Trinajstić information content (AvgIpc) is 2.51. The Morgan fingerprint density at radius 1 is 1.16 bits per heavy atom. The highest BCUT2D eigenvalue weighted by molar-refractivity contribution is 7.92. The molecule has 0 aliphatic heterocycles. The number of nitrogens with two attached hydrogens (primary N) is 1. The number of hydrogen-bond donors (Lipinski definition) is 3. The molecule has 1 aromatic carbocycles. The first-order valence-corrected chi connectivity index (χ1v) is 10.3. The zero-order chi connectivity index (χ0) is 18.5. The predicted octanol–water partition coefficient (Wildman–Crippen LogP) is 2.04. The van der Waals surface area contributed by atoms with E-state index in [2.05, 4.69) is 10.0 Å². The van der Waals surface area contributed by atoms with Gasteiger partial charge in [0, 0.05) is 11.1 Å². The van der Waals surface area contributed by atoms with E-state index in [1.807, 2.05) is 0 Å². The number of aryl methyl sites for hydroxylation is 1. The summed E-state index contributed by atoms with van der Waals surface area (Å²) in [5, 5.41) is 3.07. The van der Waals surface area contributed by atoms with Crippen LogP contribution in [0.4, 0.5) is 10.1 Å². The molecule has 3 fully saturated rings. The zero-order valence-electron chi connectivity index (χ0n) is 14.5. The Labute approximate surface area is 147 Å². The Kier molecular flexibility index (Phi) is 4.31. The summed E-state index contributed by atoms with van der Waals surface area (Å²) >= 11 is 0. The van der Waals surface area contributed by atoms with Gasteiger partial charge in [0.15, 0.2) is 0 Å². The molecule has 3 saturated carbocycles. The number of anilines is 1. The van der Waals surface area contributed by atoms with Crippen LogP contribution in [0.3, 0.4) is 0 Å². The van der Waals surface area contributed by atoms with Crippen molar-refractivity contribution in [1.29, 1.82) is 0 Å². The summed E-state index contributed by atoms with van der Waals surface area (Å²) in [6, 6.07) is 2.43. The molecule has 0 spiro atoms. The van der Waals surface area contributed by atoms with E-state index in [9.17, 15) is 17.6 Å². The van der Waals surface area contributed by atoms with Crippen molar-refractivity contribution in [1.82, 2.24) is 5.32 Å². The molecular weight excluding hydrogens is 345 g/mol. The average molecular weight is 369 g/mol. The SMILES string of the molecule is Cc1cc(C(=O)NC23CCC(N)(CC2)CC3)c(NS(C)(=O)=O)cc1F. The molecule has 0 heterocycles. The van der Waals surface area contributed by atoms with Gasteiger partial charge in [-0.1, -0.05) is 0 Å². The molecule has 0 radical (unpaired) electrons. The van der Waals surface area contributed by atoms with Crippen LogP contribution in [-0.4, -0.2) is 31.7 Å². The van der Waals surface area contributed by atoms with Crippen molar-refractivity contribution < 1.29 is 17.6 Å². The number of fused-ring (bicyclic) bond motifs is 3. The van der Waals surface area contributed by atoms with Crippen LogP contribution < -0.4 is 15.8 Å². The third-order valence-electron chi connectivity index (χ3n) is 5.52. The Morgan fingerprint density at radius 2 is 1.72 bits per heavy atom. The molecular formula is C17H24FN3O3S. The molecule has 0 unspecified atom stereocenters. The second-order valence-corrected chi connectivity index (χ2v) is 9.37. The molecule has 2 bridgehead atoms. The zero-order valence-corrected chi connectivity index (χ0v) is 15.3. The lowest BCUT2D eigenvalue weighted by Gasteiger charge is -2.52. The quantitative estimate of drug-likeness (QED) is 0.756. The van der Waals surface area contributed by atoms with Gasteiger partial charge in [-0.25, -0.2) is 12.8 Å². The van der Waals surface area contributed by atoms with E-state index >= 15 is 0 Å². The maximum atomic E-state index is 13.9. The van der Waals surface area contributed by atoms with E-state index < -0.39 is 15.8 Å². The largest absolute Gasteiger partial charge is 0.347 e. The maximum absolute atomic E-state index is 13.9. The first kappa shape index (κ1) is 18.1. The van der Waals surface area contributed by atoms with Crippen LogP contribution in [0.15, 0.2) is 12.1 Å². The molecule has 6 nitrogen and oxygen atoms in total. The molecule has 1 amide bonds. The Morgan fingerprint density at radius 3 is 2.24 bits per heavy atom. The van der Waals surface area contributed by atoms with E-state index in [4.69, 9.17) is 5.73 Å². The number of sulfonamides is 1. The number of halogens is 1. The number of benzene rings is 1. The summed E-state index contributed by atoms with van der Waals surface area (Å²) in [6.45, 7) is 1.54. The van der Waals surface area contributed by atoms with Gasteiger partial charge in [-0.2, -0.15) is 0 Å². The maximum Gasteiger partial charge on any atom is 0.253 e. The summed E-state index contributed by atoms with van der Waals surface area (Å²) in [7, 11) is -3.63. The highest BCUT2D eigenvalue weighted by Gasteiger charge is 2.47. The van der Waals surface area contributed by atoms with Gasteiger partial charge in [-0.3, -0.25) is 9.52 Å². The molecule has 3 aliphatic rings. The minimum absolute atomic E-state index is 0.0423. The molecule has 8 heteroatoms. The van der Waals surface area contributed by atoms with Gasteiger partial charge in [-0.15, -0.1) is 0 Å². The number of carbonyl (C=O) groups excluding carboxylic acids is 1. The van der Waals surface area contributed by atoms with Crippen molar-refractivity contribution in [2.24, 2.45) is 5.73 Å². The Hall–Kier alpha value is -1.67. The van der Waals surface area contributed by atoms with Gasteiger partial charge in [0.25, 0.3) is 5.91 Å². The molecule has 0 atom stereocenters. The van der Waals surface area contributed by atoms with Gasteiger partial charge in [0.2, 0.25) is 10.0 Å². The predicted molar refractivity (Wildman–Crippen MR) is 94.4 cm³/mol. The molecule has 4 rings (SSSR count). The summed E-state index contributed by atoms with van der Waals surface area (Å²) < 4.78 is 39.2. The Bertz CT molecular complexity index is 798. The standard InChI is InChI=1S/C17H24FN3O3S/c1-11-9-12(14(10-13(11)18)21-25(2,23)24)15(22)20-17-6-3-16(19,4-7-17)5-8-17/h9-10,21H,3-8,19H2,1-2H3,(H,20,22). The normalized spacial score (nSPS) is 28.6. The van der Waals surface area contributed by atoms with Gasteiger partial charge >= 0.3 is 0 Å². The smallest absolute Gasteiger partial charge is 0.253 e. The topological polar surface area (TPSA) is 101 Å².